The molecule has 1 aromatic rings. The Kier molecular flexibility index (Phi) is 5.14. The number of hydrogen-bond acceptors (Lipinski definition) is 4. The topological polar surface area (TPSA) is 53.3 Å². The van der Waals surface area contributed by atoms with Gasteiger partial charge in [0.05, 0.1) is 29.3 Å². The van der Waals surface area contributed by atoms with Crippen molar-refractivity contribution in [3.63, 3.8) is 0 Å². The van der Waals surface area contributed by atoms with Crippen LogP contribution in [-0.2, 0) is 15.7 Å². The molecule has 1 aliphatic heterocycles. The van der Waals surface area contributed by atoms with Crippen molar-refractivity contribution in [1.82, 2.24) is 0 Å². The lowest BCUT2D eigenvalue weighted by Gasteiger charge is -2.34. The van der Waals surface area contributed by atoms with Gasteiger partial charge in [0, 0.05) is 13.1 Å². The summed E-state index contributed by atoms with van der Waals surface area (Å²) in [6.07, 6.45) is -3.70. The molecule has 0 radical (unpaired) electrons. The van der Waals surface area contributed by atoms with Gasteiger partial charge in [-0.3, -0.25) is 4.79 Å². The Morgan fingerprint density at radius 3 is 2.57 bits per heavy atom. The van der Waals surface area contributed by atoms with Crippen LogP contribution in [0.5, 0.6) is 0 Å². The van der Waals surface area contributed by atoms with Crippen molar-refractivity contribution in [2.45, 2.75) is 25.9 Å². The third kappa shape index (κ3) is 3.76. The first-order valence-electron chi connectivity index (χ1n) is 7.40. The van der Waals surface area contributed by atoms with Gasteiger partial charge in [0.1, 0.15) is 6.07 Å². The largest absolute Gasteiger partial charge is 0.466 e. The van der Waals surface area contributed by atoms with Crippen LogP contribution in [0.25, 0.3) is 0 Å². The number of benzene rings is 1. The van der Waals surface area contributed by atoms with Crippen LogP contribution in [0.1, 0.15) is 30.9 Å². The van der Waals surface area contributed by atoms with E-state index in [4.69, 9.17) is 10.00 Å². The molecule has 0 aromatic heterocycles. The van der Waals surface area contributed by atoms with Gasteiger partial charge in [-0.25, -0.2) is 0 Å². The lowest BCUT2D eigenvalue weighted by atomic mass is 9.95. The molecule has 0 N–H and O–H groups in total. The number of para-hydroxylation sites is 1. The van der Waals surface area contributed by atoms with Gasteiger partial charge >= 0.3 is 12.1 Å². The van der Waals surface area contributed by atoms with Gasteiger partial charge in [-0.05, 0) is 31.9 Å². The summed E-state index contributed by atoms with van der Waals surface area (Å²) in [7, 11) is 0. The summed E-state index contributed by atoms with van der Waals surface area (Å²) in [6, 6.07) is 5.42. The normalized spacial score (nSPS) is 16.0. The first-order valence-corrected chi connectivity index (χ1v) is 7.40. The lowest BCUT2D eigenvalue weighted by molar-refractivity contribution is -0.148. The molecular weight excluding hydrogens is 309 g/mol. The molecule has 4 nitrogen and oxygen atoms in total. The van der Waals surface area contributed by atoms with Crippen molar-refractivity contribution in [3.05, 3.63) is 29.3 Å². The quantitative estimate of drug-likeness (QED) is 0.799. The molecule has 1 fully saturated rings. The van der Waals surface area contributed by atoms with Crippen LogP contribution in [0.3, 0.4) is 0 Å². The number of piperidine rings is 1. The molecule has 124 valence electrons. The Hall–Kier alpha value is -2.23. The van der Waals surface area contributed by atoms with E-state index < -0.39 is 11.7 Å². The second-order valence-corrected chi connectivity index (χ2v) is 5.32. The zero-order chi connectivity index (χ0) is 17.0. The highest BCUT2D eigenvalue weighted by Crippen LogP contribution is 2.39. The first-order chi connectivity index (χ1) is 10.9. The third-order valence-corrected chi connectivity index (χ3v) is 3.89. The zero-order valence-electron chi connectivity index (χ0n) is 12.7. The van der Waals surface area contributed by atoms with Gasteiger partial charge in [0.25, 0.3) is 0 Å². The molecule has 0 aliphatic carbocycles. The number of halogens is 3. The number of anilines is 1. The molecule has 1 saturated heterocycles. The van der Waals surface area contributed by atoms with Crippen molar-refractivity contribution < 1.29 is 22.7 Å². The zero-order valence-corrected chi connectivity index (χ0v) is 12.7. The smallest absolute Gasteiger partial charge is 0.418 e. The number of hydrogen-bond donors (Lipinski definition) is 0. The van der Waals surface area contributed by atoms with Gasteiger partial charge in [0.2, 0.25) is 0 Å². The summed E-state index contributed by atoms with van der Waals surface area (Å²) in [5.41, 5.74) is -0.912. The Morgan fingerprint density at radius 2 is 2.04 bits per heavy atom. The second-order valence-electron chi connectivity index (χ2n) is 5.32. The fourth-order valence-electron chi connectivity index (χ4n) is 2.80. The van der Waals surface area contributed by atoms with E-state index in [9.17, 15) is 18.0 Å². The van der Waals surface area contributed by atoms with Crippen LogP contribution in [0.4, 0.5) is 18.9 Å². The minimum atomic E-state index is -4.53. The van der Waals surface area contributed by atoms with Crippen LogP contribution < -0.4 is 4.90 Å². The second kappa shape index (κ2) is 6.90. The summed E-state index contributed by atoms with van der Waals surface area (Å²) >= 11 is 0. The highest BCUT2D eigenvalue weighted by Gasteiger charge is 2.37. The number of nitrogens with zero attached hydrogens (tertiary/aromatic N) is 2. The SMILES string of the molecule is CCOC(=O)C1CCN(c2c(C#N)cccc2C(F)(F)F)CC1. The molecule has 0 bridgehead atoms. The van der Waals surface area contributed by atoms with Crippen molar-refractivity contribution in [3.8, 4) is 6.07 Å². The summed E-state index contributed by atoms with van der Waals surface area (Å²) in [6.45, 7) is 2.57. The average molecular weight is 326 g/mol. The van der Waals surface area contributed by atoms with Gasteiger partial charge in [0.15, 0.2) is 0 Å². The average Bonchev–Trinajstić information content (AvgIpc) is 2.53. The predicted octanol–water partition coefficient (Wildman–Crippen LogP) is 3.36. The van der Waals surface area contributed by atoms with Gasteiger partial charge in [-0.15, -0.1) is 0 Å². The summed E-state index contributed by atoms with van der Waals surface area (Å²) in [4.78, 5) is 13.3. The molecule has 0 unspecified atom stereocenters. The van der Waals surface area contributed by atoms with E-state index in [1.165, 1.54) is 17.0 Å². The van der Waals surface area contributed by atoms with Gasteiger partial charge in [-0.1, -0.05) is 6.07 Å². The van der Waals surface area contributed by atoms with E-state index >= 15 is 0 Å². The molecule has 0 saturated carbocycles. The molecule has 1 heterocycles. The number of ether oxygens (including phenoxy) is 1. The first kappa shape index (κ1) is 17.1. The fraction of sp³-hybridized carbons (Fsp3) is 0.500. The Labute approximate surface area is 132 Å². The fourth-order valence-corrected chi connectivity index (χ4v) is 2.80. The molecule has 23 heavy (non-hydrogen) atoms. The number of rotatable bonds is 3. The molecule has 1 aliphatic rings. The van der Waals surface area contributed by atoms with Crippen LogP contribution in [0, 0.1) is 17.2 Å². The number of nitriles is 1. The number of carbonyl (C=O) groups is 1. The van der Waals surface area contributed by atoms with Crippen LogP contribution in [0.2, 0.25) is 0 Å². The van der Waals surface area contributed by atoms with Crippen molar-refractivity contribution in [1.29, 1.82) is 5.26 Å². The predicted molar refractivity (Wildman–Crippen MR) is 77.7 cm³/mol. The van der Waals surface area contributed by atoms with Crippen LogP contribution in [0.15, 0.2) is 18.2 Å². The van der Waals surface area contributed by atoms with E-state index in [0.29, 0.717) is 12.8 Å². The van der Waals surface area contributed by atoms with Crippen LogP contribution >= 0.6 is 0 Å². The number of carbonyl (C=O) groups excluding carboxylic acids is 1. The Balaban J connectivity index is 2.24. The summed E-state index contributed by atoms with van der Waals surface area (Å²) < 4.78 is 44.6. The summed E-state index contributed by atoms with van der Waals surface area (Å²) in [5, 5.41) is 9.13. The standard InChI is InChI=1S/C16H17F3N2O2/c1-2-23-15(22)11-6-8-21(9-7-11)14-12(10-20)4-3-5-13(14)16(17,18)19/h3-5,11H,2,6-9H2,1H3. The maximum atomic E-state index is 13.2. The van der Waals surface area contributed by atoms with E-state index in [0.717, 1.165) is 6.07 Å². The number of esters is 1. The van der Waals surface area contributed by atoms with Crippen molar-refractivity contribution in [2.24, 2.45) is 5.92 Å². The van der Waals surface area contributed by atoms with E-state index in [-0.39, 0.29) is 42.8 Å². The van der Waals surface area contributed by atoms with Crippen molar-refractivity contribution >= 4 is 11.7 Å². The van der Waals surface area contributed by atoms with Crippen molar-refractivity contribution in [2.75, 3.05) is 24.6 Å². The Bertz CT molecular complexity index is 615. The molecule has 0 atom stereocenters. The van der Waals surface area contributed by atoms with E-state index in [1.807, 2.05) is 6.07 Å². The Morgan fingerprint density at radius 1 is 1.39 bits per heavy atom. The molecule has 7 heteroatoms. The van der Waals surface area contributed by atoms with E-state index in [2.05, 4.69) is 0 Å². The van der Waals surface area contributed by atoms with Crippen LogP contribution in [-0.4, -0.2) is 25.7 Å². The highest BCUT2D eigenvalue weighted by molar-refractivity contribution is 5.73. The van der Waals surface area contributed by atoms with E-state index in [1.54, 1.807) is 6.92 Å². The van der Waals surface area contributed by atoms with Gasteiger partial charge in [-0.2, -0.15) is 18.4 Å². The minimum Gasteiger partial charge on any atom is -0.466 e. The molecule has 2 rings (SSSR count). The third-order valence-electron chi connectivity index (χ3n) is 3.89. The number of alkyl halides is 3. The monoisotopic (exact) mass is 326 g/mol. The minimum absolute atomic E-state index is 0.00518. The lowest BCUT2D eigenvalue weighted by Crippen LogP contribution is -2.38. The maximum absolute atomic E-state index is 13.2. The summed E-state index contributed by atoms with van der Waals surface area (Å²) in [5.74, 6) is -0.605. The highest BCUT2D eigenvalue weighted by atomic mass is 19.4. The molecule has 0 spiro atoms. The molecule has 0 amide bonds. The molecule has 1 aromatic carbocycles. The molecular formula is C16H17F3N2O2. The maximum Gasteiger partial charge on any atom is 0.418 e. The van der Waals surface area contributed by atoms with Gasteiger partial charge < -0.3 is 9.64 Å².